The van der Waals surface area contributed by atoms with E-state index in [1.165, 1.54) is 69.8 Å². The molecule has 5 aliphatic rings. The smallest absolute Gasteiger partial charge is 0.0638 e. The summed E-state index contributed by atoms with van der Waals surface area (Å²) in [5.41, 5.74) is 4.89. The van der Waals surface area contributed by atoms with Gasteiger partial charge in [0.2, 0.25) is 0 Å². The first kappa shape index (κ1) is 21.5. The molecule has 0 aromatic heterocycles. The van der Waals surface area contributed by atoms with Crippen molar-refractivity contribution in [2.45, 2.75) is 112 Å². The minimum absolute atomic E-state index is 0.551. The normalized spacial score (nSPS) is 52.1. The second-order valence-electron chi connectivity index (χ2n) is 13.3. The molecule has 5 rings (SSSR count). The summed E-state index contributed by atoms with van der Waals surface area (Å²) in [6, 6.07) is 0. The van der Waals surface area contributed by atoms with Crippen molar-refractivity contribution in [3.8, 4) is 0 Å². The molecule has 0 bridgehead atoms. The van der Waals surface area contributed by atoms with Gasteiger partial charge in [-0.1, -0.05) is 31.9 Å². The predicted molar refractivity (Wildman–Crippen MR) is 126 cm³/mol. The summed E-state index contributed by atoms with van der Waals surface area (Å²) in [5, 5.41) is 0. The van der Waals surface area contributed by atoms with Gasteiger partial charge in [0.25, 0.3) is 0 Å². The highest BCUT2D eigenvalue weighted by atomic mass is 16.5. The molecule has 170 valence electrons. The van der Waals surface area contributed by atoms with Crippen LogP contribution in [-0.2, 0) is 4.74 Å². The van der Waals surface area contributed by atoms with Crippen LogP contribution in [-0.4, -0.2) is 13.2 Å². The van der Waals surface area contributed by atoms with Crippen LogP contribution in [0.25, 0.3) is 0 Å². The lowest BCUT2D eigenvalue weighted by atomic mass is 9.45. The maximum Gasteiger partial charge on any atom is 0.0638 e. The SMILES string of the molecule is CO[C@@H]1CC2C3CCC([C@H](C)CCC(C)=C(C)C)[C@@]3(C)CCC2[C@@]2(C)CC[C@@H]3C[C@]312. The van der Waals surface area contributed by atoms with Gasteiger partial charge in [0.15, 0.2) is 0 Å². The molecule has 5 saturated carbocycles. The Morgan fingerprint density at radius 1 is 1.00 bits per heavy atom. The lowest BCUT2D eigenvalue weighted by Gasteiger charge is -2.61. The maximum atomic E-state index is 6.30. The molecule has 0 N–H and O–H groups in total. The van der Waals surface area contributed by atoms with Crippen LogP contribution in [0.3, 0.4) is 0 Å². The van der Waals surface area contributed by atoms with Gasteiger partial charge in [-0.25, -0.2) is 0 Å². The molecular weight excluding hydrogens is 364 g/mol. The summed E-state index contributed by atoms with van der Waals surface area (Å²) in [5.74, 6) is 5.68. The monoisotopic (exact) mass is 412 g/mol. The summed E-state index contributed by atoms with van der Waals surface area (Å²) in [6.07, 6.45) is 15.1. The standard InChI is InChI=1S/C29H48O/c1-18(2)19(3)8-9-20(4)23-10-11-24-22-16-26(30-7)29-17-21(29)12-15-28(29,6)25(22)13-14-27(23,24)5/h20-26H,8-17H2,1-7H3/t20-,21-,22?,23?,24?,25?,26-,27-,28-,29+/m1/s1. The van der Waals surface area contributed by atoms with Crippen molar-refractivity contribution >= 4 is 0 Å². The number of rotatable bonds is 5. The van der Waals surface area contributed by atoms with Crippen LogP contribution >= 0.6 is 0 Å². The Hall–Kier alpha value is -0.300. The third kappa shape index (κ3) is 2.69. The van der Waals surface area contributed by atoms with Crippen LogP contribution in [0, 0.1) is 51.8 Å². The highest BCUT2D eigenvalue weighted by Gasteiger charge is 2.77. The number of allylic oxidation sites excluding steroid dienone is 2. The minimum atomic E-state index is 0.551. The average Bonchev–Trinajstić information content (AvgIpc) is 3.22. The highest BCUT2D eigenvalue weighted by molar-refractivity contribution is 5.26. The zero-order valence-electron chi connectivity index (χ0n) is 21.0. The van der Waals surface area contributed by atoms with Crippen molar-refractivity contribution in [3.05, 3.63) is 11.1 Å². The third-order valence-electron chi connectivity index (χ3n) is 12.4. The minimum Gasteiger partial charge on any atom is -0.381 e. The summed E-state index contributed by atoms with van der Waals surface area (Å²) in [6.45, 7) is 14.9. The van der Waals surface area contributed by atoms with Crippen LogP contribution < -0.4 is 0 Å². The zero-order chi connectivity index (χ0) is 21.5. The molecule has 0 aromatic rings. The fourth-order valence-electron chi connectivity index (χ4n) is 10.4. The van der Waals surface area contributed by atoms with Crippen molar-refractivity contribution in [1.82, 2.24) is 0 Å². The maximum absolute atomic E-state index is 6.30. The van der Waals surface area contributed by atoms with Gasteiger partial charge >= 0.3 is 0 Å². The third-order valence-corrected chi connectivity index (χ3v) is 12.4. The fraction of sp³-hybridized carbons (Fsp3) is 0.931. The van der Waals surface area contributed by atoms with Crippen molar-refractivity contribution < 1.29 is 4.74 Å². The van der Waals surface area contributed by atoms with Gasteiger partial charge in [-0.3, -0.25) is 0 Å². The molecule has 0 aliphatic heterocycles. The fourth-order valence-corrected chi connectivity index (χ4v) is 10.4. The first-order chi connectivity index (χ1) is 14.2. The molecule has 4 unspecified atom stereocenters. The van der Waals surface area contributed by atoms with E-state index in [2.05, 4.69) is 41.5 Å². The molecular formula is C29H48O. The molecule has 10 atom stereocenters. The Balaban J connectivity index is 1.36. The van der Waals surface area contributed by atoms with Gasteiger partial charge in [0.1, 0.15) is 0 Å². The molecule has 0 radical (unpaired) electrons. The van der Waals surface area contributed by atoms with Gasteiger partial charge < -0.3 is 4.74 Å². The number of hydrogen-bond acceptors (Lipinski definition) is 1. The summed E-state index contributed by atoms with van der Waals surface area (Å²) in [7, 11) is 2.03. The molecule has 1 nitrogen and oxygen atoms in total. The van der Waals surface area contributed by atoms with Gasteiger partial charge in [0.05, 0.1) is 6.10 Å². The van der Waals surface area contributed by atoms with Crippen LogP contribution in [0.5, 0.6) is 0 Å². The summed E-state index contributed by atoms with van der Waals surface area (Å²) >= 11 is 0. The Kier molecular flexibility index (Phi) is 5.10. The Morgan fingerprint density at radius 3 is 2.43 bits per heavy atom. The highest BCUT2D eigenvalue weighted by Crippen LogP contribution is 2.82. The van der Waals surface area contributed by atoms with Gasteiger partial charge in [-0.2, -0.15) is 0 Å². The van der Waals surface area contributed by atoms with E-state index < -0.39 is 0 Å². The summed E-state index contributed by atoms with van der Waals surface area (Å²) < 4.78 is 6.30. The molecule has 0 amide bonds. The van der Waals surface area contributed by atoms with E-state index in [4.69, 9.17) is 4.74 Å². The van der Waals surface area contributed by atoms with Gasteiger partial charge in [0, 0.05) is 12.5 Å². The molecule has 1 spiro atoms. The number of fused-ring (bicyclic) bond motifs is 4. The van der Waals surface area contributed by atoms with E-state index >= 15 is 0 Å². The van der Waals surface area contributed by atoms with Crippen LogP contribution in [0.15, 0.2) is 11.1 Å². The van der Waals surface area contributed by atoms with E-state index in [1.54, 1.807) is 5.57 Å². The lowest BCUT2D eigenvalue weighted by Crippen LogP contribution is -2.57. The van der Waals surface area contributed by atoms with E-state index in [-0.39, 0.29) is 0 Å². The average molecular weight is 413 g/mol. The number of hydrogen-bond donors (Lipinski definition) is 0. The van der Waals surface area contributed by atoms with Crippen molar-refractivity contribution in [2.24, 2.45) is 51.8 Å². The van der Waals surface area contributed by atoms with E-state index in [0.29, 0.717) is 22.3 Å². The molecule has 0 aromatic carbocycles. The van der Waals surface area contributed by atoms with Crippen LogP contribution in [0.2, 0.25) is 0 Å². The van der Waals surface area contributed by atoms with E-state index in [9.17, 15) is 0 Å². The first-order valence-electron chi connectivity index (χ1n) is 13.3. The van der Waals surface area contributed by atoms with E-state index in [1.807, 2.05) is 7.11 Å². The molecule has 5 fully saturated rings. The topological polar surface area (TPSA) is 9.23 Å². The van der Waals surface area contributed by atoms with Crippen LogP contribution in [0.4, 0.5) is 0 Å². The molecule has 1 heteroatoms. The van der Waals surface area contributed by atoms with E-state index in [0.717, 1.165) is 35.5 Å². The Morgan fingerprint density at radius 2 is 1.77 bits per heavy atom. The Labute approximate surface area is 186 Å². The zero-order valence-corrected chi connectivity index (χ0v) is 21.0. The lowest BCUT2D eigenvalue weighted by molar-refractivity contribution is -0.161. The molecule has 30 heavy (non-hydrogen) atoms. The molecule has 0 saturated heterocycles. The predicted octanol–water partition coefficient (Wildman–Crippen LogP) is 8.04. The van der Waals surface area contributed by atoms with Crippen LogP contribution in [0.1, 0.15) is 106 Å². The number of ether oxygens (including phenoxy) is 1. The second kappa shape index (κ2) is 7.10. The van der Waals surface area contributed by atoms with Crippen molar-refractivity contribution in [2.75, 3.05) is 7.11 Å². The summed E-state index contributed by atoms with van der Waals surface area (Å²) in [4.78, 5) is 0. The first-order valence-corrected chi connectivity index (χ1v) is 13.3. The van der Waals surface area contributed by atoms with Crippen molar-refractivity contribution in [1.29, 1.82) is 0 Å². The Bertz CT molecular complexity index is 718. The number of methoxy groups -OCH3 is 1. The van der Waals surface area contributed by atoms with Crippen molar-refractivity contribution in [3.63, 3.8) is 0 Å². The second-order valence-corrected chi connectivity index (χ2v) is 13.3. The molecule has 5 aliphatic carbocycles. The quantitative estimate of drug-likeness (QED) is 0.415. The molecule has 0 heterocycles. The van der Waals surface area contributed by atoms with Gasteiger partial charge in [-0.15, -0.1) is 0 Å². The van der Waals surface area contributed by atoms with Gasteiger partial charge in [-0.05, 0) is 131 Å². The largest absolute Gasteiger partial charge is 0.381 e.